The molecule has 0 heterocycles. The highest BCUT2D eigenvalue weighted by Crippen LogP contribution is 2.23. The Morgan fingerprint density at radius 3 is 2.81 bits per heavy atom. The smallest absolute Gasteiger partial charge is 0.244 e. The molecule has 4 nitrogen and oxygen atoms in total. The van der Waals surface area contributed by atoms with Gasteiger partial charge in [0, 0.05) is 11.8 Å². The first kappa shape index (κ1) is 12.1. The average molecular weight is 218 g/mol. The summed E-state index contributed by atoms with van der Waals surface area (Å²) in [5, 5.41) is 20.8. The molecule has 0 saturated carbocycles. The summed E-state index contributed by atoms with van der Waals surface area (Å²) in [6.45, 7) is 3.37. The number of nitriles is 1. The molecule has 1 atom stereocenters. The van der Waals surface area contributed by atoms with Crippen molar-refractivity contribution in [1.29, 1.82) is 5.26 Å². The lowest BCUT2D eigenvalue weighted by atomic mass is 9.88. The SMILES string of the molecule is CCC(C)(C#N)C(=O)Nc1cccc(O)c1. The van der Waals surface area contributed by atoms with E-state index in [1.54, 1.807) is 26.0 Å². The zero-order valence-electron chi connectivity index (χ0n) is 9.32. The minimum absolute atomic E-state index is 0.0768. The minimum atomic E-state index is -1.04. The number of aromatic hydroxyl groups is 1. The molecule has 0 aliphatic rings. The molecule has 1 rings (SSSR count). The molecule has 0 spiro atoms. The van der Waals surface area contributed by atoms with E-state index in [4.69, 9.17) is 5.26 Å². The predicted octanol–water partition coefficient (Wildman–Crippen LogP) is 2.27. The van der Waals surface area contributed by atoms with E-state index in [0.29, 0.717) is 12.1 Å². The predicted molar refractivity (Wildman–Crippen MR) is 60.7 cm³/mol. The van der Waals surface area contributed by atoms with Crippen molar-refractivity contribution in [2.24, 2.45) is 5.41 Å². The van der Waals surface area contributed by atoms with Gasteiger partial charge in [0.2, 0.25) is 5.91 Å². The number of rotatable bonds is 3. The van der Waals surface area contributed by atoms with Crippen LogP contribution < -0.4 is 5.32 Å². The molecule has 1 unspecified atom stereocenters. The van der Waals surface area contributed by atoms with E-state index in [9.17, 15) is 9.90 Å². The molecule has 0 bridgehead atoms. The lowest BCUT2D eigenvalue weighted by Crippen LogP contribution is -2.31. The summed E-state index contributed by atoms with van der Waals surface area (Å²) >= 11 is 0. The standard InChI is InChI=1S/C12H14N2O2/c1-3-12(2,8-13)11(16)14-9-5-4-6-10(15)7-9/h4-7,15H,3H2,1-2H3,(H,14,16). The first-order chi connectivity index (χ1) is 7.51. The Balaban J connectivity index is 2.83. The van der Waals surface area contributed by atoms with Crippen molar-refractivity contribution < 1.29 is 9.90 Å². The third-order valence-electron chi connectivity index (χ3n) is 2.56. The van der Waals surface area contributed by atoms with Gasteiger partial charge in [-0.05, 0) is 25.5 Å². The number of hydrogen-bond acceptors (Lipinski definition) is 3. The zero-order chi connectivity index (χ0) is 12.2. The van der Waals surface area contributed by atoms with Crippen molar-refractivity contribution >= 4 is 11.6 Å². The van der Waals surface area contributed by atoms with Crippen molar-refractivity contribution in [1.82, 2.24) is 0 Å². The Morgan fingerprint density at radius 1 is 1.62 bits per heavy atom. The second kappa shape index (κ2) is 4.67. The topological polar surface area (TPSA) is 73.1 Å². The van der Waals surface area contributed by atoms with E-state index in [-0.39, 0.29) is 11.7 Å². The number of carbonyl (C=O) groups excluding carboxylic acids is 1. The van der Waals surface area contributed by atoms with E-state index >= 15 is 0 Å². The van der Waals surface area contributed by atoms with Gasteiger partial charge in [0.1, 0.15) is 11.2 Å². The quantitative estimate of drug-likeness (QED) is 0.817. The van der Waals surface area contributed by atoms with Gasteiger partial charge >= 0.3 is 0 Å². The minimum Gasteiger partial charge on any atom is -0.508 e. The van der Waals surface area contributed by atoms with E-state index in [1.807, 2.05) is 6.07 Å². The number of phenolic OH excluding ortho intramolecular Hbond substituents is 1. The molecule has 4 heteroatoms. The van der Waals surface area contributed by atoms with Crippen LogP contribution in [0.25, 0.3) is 0 Å². The van der Waals surface area contributed by atoms with Gasteiger partial charge in [-0.2, -0.15) is 5.26 Å². The van der Waals surface area contributed by atoms with Crippen LogP contribution in [-0.4, -0.2) is 11.0 Å². The van der Waals surface area contributed by atoms with Gasteiger partial charge in [-0.25, -0.2) is 0 Å². The van der Waals surface area contributed by atoms with Crippen LogP contribution in [0, 0.1) is 16.7 Å². The fraction of sp³-hybridized carbons (Fsp3) is 0.333. The van der Waals surface area contributed by atoms with Crippen molar-refractivity contribution in [3.8, 4) is 11.8 Å². The maximum absolute atomic E-state index is 11.8. The molecule has 1 amide bonds. The van der Waals surface area contributed by atoms with Gasteiger partial charge < -0.3 is 10.4 Å². The maximum Gasteiger partial charge on any atom is 0.244 e. The van der Waals surface area contributed by atoms with E-state index in [1.165, 1.54) is 12.1 Å². The lowest BCUT2D eigenvalue weighted by molar-refractivity contribution is -0.122. The largest absolute Gasteiger partial charge is 0.508 e. The summed E-state index contributed by atoms with van der Waals surface area (Å²) in [6.07, 6.45) is 0.439. The summed E-state index contributed by atoms with van der Waals surface area (Å²) in [4.78, 5) is 11.8. The Kier molecular flexibility index (Phi) is 3.51. The number of nitrogens with zero attached hydrogens (tertiary/aromatic N) is 1. The van der Waals surface area contributed by atoms with Gasteiger partial charge in [0.05, 0.1) is 6.07 Å². The molecule has 0 aliphatic heterocycles. The molecule has 0 aliphatic carbocycles. The molecule has 0 radical (unpaired) electrons. The fourth-order valence-electron chi connectivity index (χ4n) is 1.14. The summed E-state index contributed by atoms with van der Waals surface area (Å²) in [7, 11) is 0. The van der Waals surface area contributed by atoms with Crippen LogP contribution in [0.5, 0.6) is 5.75 Å². The Labute approximate surface area is 94.5 Å². The van der Waals surface area contributed by atoms with Gasteiger partial charge in [-0.1, -0.05) is 13.0 Å². The van der Waals surface area contributed by atoms with Crippen molar-refractivity contribution in [3.05, 3.63) is 24.3 Å². The molecular weight excluding hydrogens is 204 g/mol. The van der Waals surface area contributed by atoms with E-state index < -0.39 is 5.41 Å². The Bertz CT molecular complexity index is 437. The van der Waals surface area contributed by atoms with Gasteiger partial charge in [0.15, 0.2) is 0 Å². The molecule has 1 aromatic rings. The van der Waals surface area contributed by atoms with Crippen molar-refractivity contribution in [2.75, 3.05) is 5.32 Å². The molecule has 16 heavy (non-hydrogen) atoms. The van der Waals surface area contributed by atoms with Crippen LogP contribution in [0.3, 0.4) is 0 Å². The molecule has 0 fully saturated rings. The maximum atomic E-state index is 11.8. The molecule has 2 N–H and O–H groups in total. The molecule has 0 saturated heterocycles. The summed E-state index contributed by atoms with van der Waals surface area (Å²) in [5.74, 6) is -0.281. The average Bonchev–Trinajstić information content (AvgIpc) is 2.28. The number of carbonyl (C=O) groups is 1. The van der Waals surface area contributed by atoms with Gasteiger partial charge in [0.25, 0.3) is 0 Å². The first-order valence-corrected chi connectivity index (χ1v) is 5.03. The Hall–Kier alpha value is -2.02. The number of benzene rings is 1. The number of phenols is 1. The summed E-state index contributed by atoms with van der Waals surface area (Å²) < 4.78 is 0. The van der Waals surface area contributed by atoms with Crippen LogP contribution in [0.1, 0.15) is 20.3 Å². The third-order valence-corrected chi connectivity index (χ3v) is 2.56. The summed E-state index contributed by atoms with van der Waals surface area (Å²) in [6, 6.07) is 8.22. The van der Waals surface area contributed by atoms with Crippen molar-refractivity contribution in [2.45, 2.75) is 20.3 Å². The van der Waals surface area contributed by atoms with Crippen LogP contribution in [-0.2, 0) is 4.79 Å². The number of nitrogens with one attached hydrogen (secondary N) is 1. The highest BCUT2D eigenvalue weighted by molar-refractivity contribution is 5.96. The molecule has 84 valence electrons. The molecule has 0 aromatic heterocycles. The highest BCUT2D eigenvalue weighted by Gasteiger charge is 2.31. The highest BCUT2D eigenvalue weighted by atomic mass is 16.3. The van der Waals surface area contributed by atoms with Gasteiger partial charge in [-0.15, -0.1) is 0 Å². The van der Waals surface area contributed by atoms with Gasteiger partial charge in [-0.3, -0.25) is 4.79 Å². The van der Waals surface area contributed by atoms with Crippen LogP contribution in [0.2, 0.25) is 0 Å². The van der Waals surface area contributed by atoms with Crippen molar-refractivity contribution in [3.63, 3.8) is 0 Å². The van der Waals surface area contributed by atoms with E-state index in [2.05, 4.69) is 5.32 Å². The van der Waals surface area contributed by atoms with Crippen LogP contribution in [0.15, 0.2) is 24.3 Å². The number of hydrogen-bond donors (Lipinski definition) is 2. The molecule has 1 aromatic carbocycles. The lowest BCUT2D eigenvalue weighted by Gasteiger charge is -2.18. The van der Waals surface area contributed by atoms with E-state index in [0.717, 1.165) is 0 Å². The first-order valence-electron chi connectivity index (χ1n) is 5.03. The fourth-order valence-corrected chi connectivity index (χ4v) is 1.14. The van der Waals surface area contributed by atoms with Crippen LogP contribution in [0.4, 0.5) is 5.69 Å². The normalized spacial score (nSPS) is 13.6. The monoisotopic (exact) mass is 218 g/mol. The zero-order valence-corrected chi connectivity index (χ0v) is 9.32. The number of amides is 1. The number of anilines is 1. The summed E-state index contributed by atoms with van der Waals surface area (Å²) in [5.41, 5.74) is -0.550. The Morgan fingerprint density at radius 2 is 2.31 bits per heavy atom. The van der Waals surface area contributed by atoms with Crippen LogP contribution >= 0.6 is 0 Å². The second-order valence-electron chi connectivity index (χ2n) is 3.80. The molecular formula is C12H14N2O2. The second-order valence-corrected chi connectivity index (χ2v) is 3.80. The third kappa shape index (κ3) is 2.51.